The molecule has 4 aromatic rings. The Balaban J connectivity index is 1.40. The average molecular weight is 409 g/mol. The highest BCUT2D eigenvalue weighted by atomic mass is 16.5. The standard InChI is InChI=1S/C25H23N5O/c1-31-24-13-17(10-11-26-24)22-14-27-21-9-7-19(25(21)29-22)16-6-8-20-23(12-16)30(15-28-20)18-4-2-3-5-18/h6-8,10-15,18H,2-5,9H2,1H3. The maximum absolute atomic E-state index is 5.27. The summed E-state index contributed by atoms with van der Waals surface area (Å²) >= 11 is 0. The zero-order valence-electron chi connectivity index (χ0n) is 17.5. The van der Waals surface area contributed by atoms with Crippen molar-refractivity contribution in [2.45, 2.75) is 38.1 Å². The highest BCUT2D eigenvalue weighted by molar-refractivity contribution is 5.88. The summed E-state index contributed by atoms with van der Waals surface area (Å²) in [6.45, 7) is 0. The zero-order chi connectivity index (χ0) is 20.8. The first-order chi connectivity index (χ1) is 15.3. The summed E-state index contributed by atoms with van der Waals surface area (Å²) in [6, 6.07) is 10.9. The van der Waals surface area contributed by atoms with E-state index in [9.17, 15) is 0 Å². The molecule has 0 N–H and O–H groups in total. The first-order valence-corrected chi connectivity index (χ1v) is 10.8. The van der Waals surface area contributed by atoms with Gasteiger partial charge in [0.1, 0.15) is 0 Å². The number of methoxy groups -OCH3 is 1. The van der Waals surface area contributed by atoms with Crippen LogP contribution in [0.5, 0.6) is 5.88 Å². The van der Waals surface area contributed by atoms with Crippen LogP contribution in [0.1, 0.15) is 48.7 Å². The van der Waals surface area contributed by atoms with Gasteiger partial charge in [0, 0.05) is 35.9 Å². The lowest BCUT2D eigenvalue weighted by Crippen LogP contribution is -2.03. The van der Waals surface area contributed by atoms with Crippen molar-refractivity contribution >= 4 is 16.6 Å². The van der Waals surface area contributed by atoms with Crippen molar-refractivity contribution in [2.24, 2.45) is 0 Å². The summed E-state index contributed by atoms with van der Waals surface area (Å²) in [7, 11) is 1.62. The number of pyridine rings is 1. The molecule has 0 radical (unpaired) electrons. The Morgan fingerprint density at radius 2 is 1.90 bits per heavy atom. The number of imidazole rings is 1. The van der Waals surface area contributed by atoms with Gasteiger partial charge in [0.2, 0.25) is 5.88 Å². The van der Waals surface area contributed by atoms with Gasteiger partial charge in [-0.15, -0.1) is 0 Å². The van der Waals surface area contributed by atoms with Crippen molar-refractivity contribution in [3.63, 3.8) is 0 Å². The minimum absolute atomic E-state index is 0.568. The van der Waals surface area contributed by atoms with Crippen LogP contribution in [0.2, 0.25) is 0 Å². The van der Waals surface area contributed by atoms with Crippen molar-refractivity contribution in [3.8, 4) is 17.1 Å². The van der Waals surface area contributed by atoms with E-state index in [2.05, 4.69) is 38.8 Å². The summed E-state index contributed by atoms with van der Waals surface area (Å²) in [5.74, 6) is 0.571. The monoisotopic (exact) mass is 409 g/mol. The number of allylic oxidation sites excluding steroid dienone is 1. The molecule has 31 heavy (non-hydrogen) atoms. The number of ether oxygens (including phenoxy) is 1. The van der Waals surface area contributed by atoms with Crippen LogP contribution in [0.15, 0.2) is 55.1 Å². The number of hydrogen-bond acceptors (Lipinski definition) is 5. The van der Waals surface area contributed by atoms with Gasteiger partial charge in [-0.1, -0.05) is 25.0 Å². The first-order valence-electron chi connectivity index (χ1n) is 10.8. The molecule has 0 bridgehead atoms. The molecular formula is C25H23N5O. The van der Waals surface area contributed by atoms with Crippen molar-refractivity contribution in [3.05, 3.63) is 72.1 Å². The minimum atomic E-state index is 0.568. The summed E-state index contributed by atoms with van der Waals surface area (Å²) in [4.78, 5) is 18.5. The van der Waals surface area contributed by atoms with E-state index in [-0.39, 0.29) is 0 Å². The lowest BCUT2D eigenvalue weighted by atomic mass is 10.0. The predicted molar refractivity (Wildman–Crippen MR) is 120 cm³/mol. The van der Waals surface area contributed by atoms with Gasteiger partial charge in [-0.05, 0) is 36.6 Å². The summed E-state index contributed by atoms with van der Waals surface area (Å²) in [5.41, 5.74) is 8.33. The van der Waals surface area contributed by atoms with E-state index in [1.54, 1.807) is 13.3 Å². The third-order valence-electron chi connectivity index (χ3n) is 6.45. The smallest absolute Gasteiger partial charge is 0.213 e. The van der Waals surface area contributed by atoms with Crippen molar-refractivity contribution in [1.29, 1.82) is 0 Å². The number of nitrogens with zero attached hydrogens (tertiary/aromatic N) is 5. The molecule has 0 unspecified atom stereocenters. The maximum atomic E-state index is 5.27. The van der Waals surface area contributed by atoms with E-state index in [0.717, 1.165) is 40.2 Å². The van der Waals surface area contributed by atoms with Gasteiger partial charge < -0.3 is 9.30 Å². The molecule has 3 aromatic heterocycles. The molecule has 6 heteroatoms. The quantitative estimate of drug-likeness (QED) is 0.475. The summed E-state index contributed by atoms with van der Waals surface area (Å²) in [5, 5.41) is 0. The molecular weight excluding hydrogens is 386 g/mol. The second-order valence-electron chi connectivity index (χ2n) is 8.25. The Morgan fingerprint density at radius 3 is 2.77 bits per heavy atom. The van der Waals surface area contributed by atoms with Crippen LogP contribution in [0.4, 0.5) is 0 Å². The molecule has 2 aliphatic carbocycles. The van der Waals surface area contributed by atoms with E-state index in [0.29, 0.717) is 11.9 Å². The molecule has 6 rings (SSSR count). The number of aromatic nitrogens is 5. The normalized spacial score (nSPS) is 16.0. The van der Waals surface area contributed by atoms with Gasteiger partial charge >= 0.3 is 0 Å². The number of benzene rings is 1. The number of fused-ring (bicyclic) bond motifs is 2. The fourth-order valence-corrected chi connectivity index (χ4v) is 4.82. The minimum Gasteiger partial charge on any atom is -0.481 e. The molecule has 3 heterocycles. The van der Waals surface area contributed by atoms with Gasteiger partial charge in [0.25, 0.3) is 0 Å². The average Bonchev–Trinajstić information content (AvgIpc) is 3.57. The van der Waals surface area contributed by atoms with Gasteiger partial charge in [-0.25, -0.2) is 15.0 Å². The van der Waals surface area contributed by atoms with Crippen LogP contribution < -0.4 is 4.74 Å². The molecule has 0 spiro atoms. The van der Waals surface area contributed by atoms with Crippen LogP contribution in [0, 0.1) is 0 Å². The van der Waals surface area contributed by atoms with Gasteiger partial charge in [0.05, 0.1) is 47.7 Å². The third-order valence-corrected chi connectivity index (χ3v) is 6.45. The van der Waals surface area contributed by atoms with E-state index in [1.807, 2.05) is 24.7 Å². The predicted octanol–water partition coefficient (Wildman–Crippen LogP) is 5.00. The highest BCUT2D eigenvalue weighted by Gasteiger charge is 2.22. The molecule has 6 nitrogen and oxygen atoms in total. The Labute approximate surface area is 180 Å². The molecule has 1 saturated carbocycles. The summed E-state index contributed by atoms with van der Waals surface area (Å²) in [6.07, 6.45) is 13.7. The Bertz CT molecular complexity index is 1320. The van der Waals surface area contributed by atoms with Crippen molar-refractivity contribution in [1.82, 2.24) is 24.5 Å². The fraction of sp³-hybridized carbons (Fsp3) is 0.280. The molecule has 0 saturated heterocycles. The second-order valence-corrected chi connectivity index (χ2v) is 8.25. The number of hydrogen-bond donors (Lipinski definition) is 0. The van der Waals surface area contributed by atoms with E-state index in [4.69, 9.17) is 14.7 Å². The largest absolute Gasteiger partial charge is 0.481 e. The van der Waals surface area contributed by atoms with Crippen LogP contribution in [0.25, 0.3) is 27.9 Å². The van der Waals surface area contributed by atoms with Crippen LogP contribution in [0.3, 0.4) is 0 Å². The Hall–Kier alpha value is -3.54. The first kappa shape index (κ1) is 18.2. The molecule has 2 aliphatic rings. The third kappa shape index (κ3) is 3.10. The molecule has 0 aliphatic heterocycles. The zero-order valence-corrected chi connectivity index (χ0v) is 17.5. The topological polar surface area (TPSA) is 65.7 Å². The molecule has 0 atom stereocenters. The number of rotatable bonds is 4. The molecule has 0 amide bonds. The fourth-order valence-electron chi connectivity index (χ4n) is 4.82. The molecule has 1 fully saturated rings. The molecule has 154 valence electrons. The van der Waals surface area contributed by atoms with Gasteiger partial charge in [-0.3, -0.25) is 4.98 Å². The highest BCUT2D eigenvalue weighted by Crippen LogP contribution is 2.36. The van der Waals surface area contributed by atoms with Crippen molar-refractivity contribution < 1.29 is 4.74 Å². The van der Waals surface area contributed by atoms with Gasteiger partial charge in [0.15, 0.2) is 0 Å². The SMILES string of the molecule is COc1cc(-c2cnc3c(n2)C(c2ccc4ncn(C5CCCC5)c4c2)=CC3)ccn1. The van der Waals surface area contributed by atoms with Crippen LogP contribution in [-0.4, -0.2) is 31.6 Å². The lowest BCUT2D eigenvalue weighted by Gasteiger charge is -2.13. The van der Waals surface area contributed by atoms with Crippen LogP contribution in [-0.2, 0) is 6.42 Å². The Kier molecular flexibility index (Phi) is 4.30. The maximum Gasteiger partial charge on any atom is 0.213 e. The summed E-state index contributed by atoms with van der Waals surface area (Å²) < 4.78 is 7.64. The van der Waals surface area contributed by atoms with Gasteiger partial charge in [-0.2, -0.15) is 0 Å². The van der Waals surface area contributed by atoms with Crippen molar-refractivity contribution in [2.75, 3.05) is 7.11 Å². The molecule has 1 aromatic carbocycles. The van der Waals surface area contributed by atoms with E-state index >= 15 is 0 Å². The second kappa shape index (κ2) is 7.30. The van der Waals surface area contributed by atoms with E-state index < -0.39 is 0 Å². The van der Waals surface area contributed by atoms with Crippen LogP contribution >= 0.6 is 0 Å². The van der Waals surface area contributed by atoms with E-state index in [1.165, 1.54) is 36.8 Å². The lowest BCUT2D eigenvalue weighted by molar-refractivity contribution is 0.398. The Morgan fingerprint density at radius 1 is 1.00 bits per heavy atom.